The van der Waals surface area contributed by atoms with Crippen LogP contribution in [0.2, 0.25) is 0 Å². The van der Waals surface area contributed by atoms with Gasteiger partial charge in [-0.2, -0.15) is 10.2 Å². The molecule has 0 aliphatic carbocycles. The van der Waals surface area contributed by atoms with Gasteiger partial charge in [-0.05, 0) is 24.6 Å². The Hall–Kier alpha value is -2.39. The fourth-order valence-electron chi connectivity index (χ4n) is 2.18. The molecule has 1 aromatic carbocycles. The zero-order valence-electron chi connectivity index (χ0n) is 12.0. The van der Waals surface area contributed by atoms with Crippen molar-refractivity contribution in [3.63, 3.8) is 0 Å². The zero-order valence-corrected chi connectivity index (χ0v) is 12.0. The Morgan fingerprint density at radius 3 is 2.90 bits per heavy atom. The number of unbranched alkanes of at least 4 members (excludes halogenated alkanes) is 1. The molecule has 1 aromatic heterocycles. The first-order chi connectivity index (χ1) is 10.2. The maximum absolute atomic E-state index is 9.46. The van der Waals surface area contributed by atoms with Crippen LogP contribution in [0.4, 0.5) is 11.8 Å². The summed E-state index contributed by atoms with van der Waals surface area (Å²) in [5, 5.41) is 22.4. The van der Waals surface area contributed by atoms with Gasteiger partial charge in [-0.1, -0.05) is 19.8 Å². The lowest BCUT2D eigenvalue weighted by Gasteiger charge is -2.18. The molecule has 0 saturated heterocycles. The van der Waals surface area contributed by atoms with Crippen LogP contribution in [0.25, 0.3) is 10.9 Å². The third-order valence-corrected chi connectivity index (χ3v) is 3.31. The molecule has 1 heterocycles. The van der Waals surface area contributed by atoms with Gasteiger partial charge in [-0.15, -0.1) is 0 Å². The van der Waals surface area contributed by atoms with Gasteiger partial charge in [-0.3, -0.25) is 0 Å². The number of hydrogen-bond donors (Lipinski definition) is 3. The van der Waals surface area contributed by atoms with Crippen LogP contribution in [0.1, 0.15) is 31.7 Å². The number of nitrogens with one attached hydrogen (secondary N) is 1. The summed E-state index contributed by atoms with van der Waals surface area (Å²) in [5.41, 5.74) is 6.87. The van der Waals surface area contributed by atoms with E-state index in [1.807, 2.05) is 0 Å². The number of nitrogens with zero attached hydrogens (tertiary/aromatic N) is 3. The molecule has 0 amide bonds. The van der Waals surface area contributed by atoms with E-state index in [1.165, 1.54) is 0 Å². The molecule has 4 N–H and O–H groups in total. The molecule has 0 aliphatic heterocycles. The largest absolute Gasteiger partial charge is 0.394 e. The van der Waals surface area contributed by atoms with Gasteiger partial charge < -0.3 is 16.2 Å². The second kappa shape index (κ2) is 6.86. The van der Waals surface area contributed by atoms with E-state index >= 15 is 0 Å². The molecule has 0 unspecified atom stereocenters. The van der Waals surface area contributed by atoms with Gasteiger partial charge in [0.15, 0.2) is 0 Å². The van der Waals surface area contributed by atoms with Crippen LogP contribution < -0.4 is 11.1 Å². The van der Waals surface area contributed by atoms with Crippen molar-refractivity contribution >= 4 is 22.7 Å². The van der Waals surface area contributed by atoms with E-state index in [1.54, 1.807) is 18.2 Å². The molecule has 2 rings (SSSR count). The predicted octanol–water partition coefficient (Wildman–Crippen LogP) is 2.05. The number of aliphatic hydroxyl groups excluding tert-OH is 1. The van der Waals surface area contributed by atoms with Crippen molar-refractivity contribution < 1.29 is 5.11 Å². The number of benzene rings is 1. The van der Waals surface area contributed by atoms with Gasteiger partial charge in [0.2, 0.25) is 5.95 Å². The third-order valence-electron chi connectivity index (χ3n) is 3.31. The summed E-state index contributed by atoms with van der Waals surface area (Å²) >= 11 is 0. The van der Waals surface area contributed by atoms with Crippen LogP contribution in [-0.4, -0.2) is 27.7 Å². The summed E-state index contributed by atoms with van der Waals surface area (Å²) in [5.74, 6) is 0.740. The van der Waals surface area contributed by atoms with Gasteiger partial charge in [0, 0.05) is 5.39 Å². The van der Waals surface area contributed by atoms with Crippen molar-refractivity contribution in [3.8, 4) is 6.07 Å². The molecule has 110 valence electrons. The van der Waals surface area contributed by atoms with E-state index in [-0.39, 0.29) is 18.6 Å². The highest BCUT2D eigenvalue weighted by Gasteiger charge is 2.12. The molecular weight excluding hydrogens is 266 g/mol. The van der Waals surface area contributed by atoms with Gasteiger partial charge >= 0.3 is 0 Å². The van der Waals surface area contributed by atoms with Crippen LogP contribution in [0.5, 0.6) is 0 Å². The van der Waals surface area contributed by atoms with E-state index in [4.69, 9.17) is 11.0 Å². The topological polar surface area (TPSA) is 108 Å². The van der Waals surface area contributed by atoms with Gasteiger partial charge in [0.25, 0.3) is 0 Å². The van der Waals surface area contributed by atoms with Gasteiger partial charge in [0.05, 0.1) is 29.8 Å². The summed E-state index contributed by atoms with van der Waals surface area (Å²) in [6.07, 6.45) is 2.94. The average Bonchev–Trinajstić information content (AvgIpc) is 2.50. The van der Waals surface area contributed by atoms with Crippen molar-refractivity contribution in [2.45, 2.75) is 32.2 Å². The normalized spacial score (nSPS) is 12.0. The van der Waals surface area contributed by atoms with Crippen LogP contribution in [0.15, 0.2) is 18.2 Å². The first-order valence-corrected chi connectivity index (χ1v) is 7.02. The molecule has 0 saturated carbocycles. The lowest BCUT2D eigenvalue weighted by molar-refractivity contribution is 0.267. The lowest BCUT2D eigenvalue weighted by atomic mass is 10.1. The number of aliphatic hydroxyl groups is 1. The quantitative estimate of drug-likeness (QED) is 0.749. The Bertz CT molecular complexity index is 665. The third kappa shape index (κ3) is 3.58. The summed E-state index contributed by atoms with van der Waals surface area (Å²) in [7, 11) is 0. The molecule has 0 aliphatic rings. The van der Waals surface area contributed by atoms with Crippen molar-refractivity contribution in [1.29, 1.82) is 5.26 Å². The molecule has 2 aromatic rings. The Morgan fingerprint density at radius 2 is 2.24 bits per heavy atom. The SMILES string of the molecule is CCCC[C@H](CO)Nc1nc(N)nc2cc(C#N)ccc12. The fraction of sp³-hybridized carbons (Fsp3) is 0.400. The number of fused-ring (bicyclic) bond motifs is 1. The van der Waals surface area contributed by atoms with E-state index < -0.39 is 0 Å². The highest BCUT2D eigenvalue weighted by molar-refractivity contribution is 5.90. The van der Waals surface area contributed by atoms with Gasteiger partial charge in [0.1, 0.15) is 5.82 Å². The van der Waals surface area contributed by atoms with Crippen LogP contribution >= 0.6 is 0 Å². The molecule has 0 fully saturated rings. The number of hydrogen-bond acceptors (Lipinski definition) is 6. The summed E-state index contributed by atoms with van der Waals surface area (Å²) < 4.78 is 0. The number of nitrogens with two attached hydrogens (primary N) is 1. The first kappa shape index (κ1) is 15.0. The Kier molecular flexibility index (Phi) is 4.90. The van der Waals surface area contributed by atoms with E-state index in [0.29, 0.717) is 16.9 Å². The standard InChI is InChI=1S/C15H19N5O/c1-2-3-4-11(9-21)18-14-12-6-5-10(8-16)7-13(12)19-15(17)20-14/h5-7,11,21H,2-4,9H2,1H3,(H3,17,18,19,20)/t11-/m1/s1. The molecule has 0 spiro atoms. The molecular formula is C15H19N5O. The van der Waals surface area contributed by atoms with Crippen LogP contribution in [0, 0.1) is 11.3 Å². The number of nitrogen functional groups attached to an aromatic ring is 1. The van der Waals surface area contributed by atoms with Crippen molar-refractivity contribution in [2.24, 2.45) is 0 Å². The molecule has 6 nitrogen and oxygen atoms in total. The van der Waals surface area contributed by atoms with E-state index in [9.17, 15) is 5.11 Å². The summed E-state index contributed by atoms with van der Waals surface area (Å²) in [6, 6.07) is 7.20. The predicted molar refractivity (Wildman–Crippen MR) is 82.7 cm³/mol. The van der Waals surface area contributed by atoms with E-state index in [0.717, 1.165) is 24.6 Å². The van der Waals surface area contributed by atoms with Crippen molar-refractivity contribution in [1.82, 2.24) is 9.97 Å². The number of rotatable bonds is 6. The second-order valence-corrected chi connectivity index (χ2v) is 4.94. The molecule has 0 radical (unpaired) electrons. The highest BCUT2D eigenvalue weighted by atomic mass is 16.3. The smallest absolute Gasteiger partial charge is 0.222 e. The van der Waals surface area contributed by atoms with E-state index in [2.05, 4.69) is 28.3 Å². The maximum atomic E-state index is 9.46. The van der Waals surface area contributed by atoms with Crippen LogP contribution in [0.3, 0.4) is 0 Å². The molecule has 6 heteroatoms. The molecule has 0 bridgehead atoms. The number of nitriles is 1. The highest BCUT2D eigenvalue weighted by Crippen LogP contribution is 2.23. The monoisotopic (exact) mass is 285 g/mol. The minimum Gasteiger partial charge on any atom is -0.394 e. The minimum absolute atomic E-state index is 0.0294. The minimum atomic E-state index is -0.0712. The van der Waals surface area contributed by atoms with Crippen LogP contribution in [-0.2, 0) is 0 Å². The number of aromatic nitrogens is 2. The summed E-state index contributed by atoms with van der Waals surface area (Å²) in [6.45, 7) is 2.14. The number of anilines is 2. The Morgan fingerprint density at radius 1 is 1.43 bits per heavy atom. The zero-order chi connectivity index (χ0) is 15.2. The maximum Gasteiger partial charge on any atom is 0.222 e. The van der Waals surface area contributed by atoms with Crippen molar-refractivity contribution in [3.05, 3.63) is 23.8 Å². The lowest BCUT2D eigenvalue weighted by Crippen LogP contribution is -2.24. The second-order valence-electron chi connectivity index (χ2n) is 4.94. The van der Waals surface area contributed by atoms with Gasteiger partial charge in [-0.25, -0.2) is 4.98 Å². The van der Waals surface area contributed by atoms with Crippen molar-refractivity contribution in [2.75, 3.05) is 17.7 Å². The molecule has 1 atom stereocenters. The first-order valence-electron chi connectivity index (χ1n) is 7.02. The Balaban J connectivity index is 2.36. The fourth-order valence-corrected chi connectivity index (χ4v) is 2.18. The average molecular weight is 285 g/mol. The molecule has 21 heavy (non-hydrogen) atoms. The Labute approximate surface area is 123 Å². The summed E-state index contributed by atoms with van der Waals surface area (Å²) in [4.78, 5) is 8.37.